The average molecular weight is 262 g/mol. The highest BCUT2D eigenvalue weighted by Crippen LogP contribution is 2.22. The number of benzene rings is 1. The number of hydrogen-bond acceptors (Lipinski definition) is 1. The molecule has 0 aliphatic carbocycles. The summed E-state index contributed by atoms with van der Waals surface area (Å²) in [6.07, 6.45) is 0.939. The second-order valence-corrected chi connectivity index (χ2v) is 5.89. The van der Waals surface area contributed by atoms with E-state index in [4.69, 9.17) is 0 Å². The molecule has 0 saturated carbocycles. The minimum atomic E-state index is -0.0884. The molecule has 1 atom stereocenters. The summed E-state index contributed by atoms with van der Waals surface area (Å²) in [5, 5.41) is 5.86. The molecule has 0 spiro atoms. The highest BCUT2D eigenvalue weighted by molar-refractivity contribution is 5.74. The van der Waals surface area contributed by atoms with Gasteiger partial charge in [0.25, 0.3) is 0 Å². The van der Waals surface area contributed by atoms with Gasteiger partial charge in [0, 0.05) is 18.0 Å². The van der Waals surface area contributed by atoms with Gasteiger partial charge in [0.15, 0.2) is 0 Å². The number of carbonyl (C=O) groups is 1. The van der Waals surface area contributed by atoms with Gasteiger partial charge < -0.3 is 10.6 Å². The molecule has 3 heteroatoms. The molecule has 19 heavy (non-hydrogen) atoms. The largest absolute Gasteiger partial charge is 0.337 e. The fourth-order valence-electron chi connectivity index (χ4n) is 1.78. The van der Waals surface area contributed by atoms with E-state index in [2.05, 4.69) is 62.6 Å². The number of aryl methyl sites for hydroxylation is 1. The Morgan fingerprint density at radius 2 is 1.84 bits per heavy atom. The van der Waals surface area contributed by atoms with Crippen molar-refractivity contribution in [2.45, 2.75) is 52.5 Å². The van der Waals surface area contributed by atoms with Crippen LogP contribution in [0, 0.1) is 6.92 Å². The first kappa shape index (κ1) is 15.5. The Bertz CT molecular complexity index is 409. The van der Waals surface area contributed by atoms with E-state index in [0.29, 0.717) is 6.54 Å². The van der Waals surface area contributed by atoms with Crippen LogP contribution in [0.1, 0.15) is 45.2 Å². The summed E-state index contributed by atoms with van der Waals surface area (Å²) in [6, 6.07) is 8.59. The van der Waals surface area contributed by atoms with Crippen LogP contribution in [0.25, 0.3) is 0 Å². The van der Waals surface area contributed by atoms with E-state index in [9.17, 15) is 4.79 Å². The maximum absolute atomic E-state index is 11.7. The lowest BCUT2D eigenvalue weighted by Gasteiger charge is -2.26. The van der Waals surface area contributed by atoms with Gasteiger partial charge in [-0.3, -0.25) is 0 Å². The second-order valence-electron chi connectivity index (χ2n) is 5.89. The summed E-state index contributed by atoms with van der Waals surface area (Å²) in [6.45, 7) is 11.0. The first-order valence-corrected chi connectivity index (χ1v) is 6.96. The summed E-state index contributed by atoms with van der Waals surface area (Å²) in [4.78, 5) is 11.7. The molecule has 0 fully saturated rings. The monoisotopic (exact) mass is 262 g/mol. The molecule has 1 rings (SSSR count). The van der Waals surface area contributed by atoms with Crippen LogP contribution >= 0.6 is 0 Å². The minimum Gasteiger partial charge on any atom is -0.337 e. The molecule has 0 heterocycles. The molecule has 1 aromatic carbocycles. The fourth-order valence-corrected chi connectivity index (χ4v) is 1.78. The molecule has 1 unspecified atom stereocenters. The zero-order chi connectivity index (χ0) is 14.5. The predicted octanol–water partition coefficient (Wildman–Crippen LogP) is 3.37. The van der Waals surface area contributed by atoms with Crippen LogP contribution in [0.15, 0.2) is 24.3 Å². The lowest BCUT2D eigenvalue weighted by Crippen LogP contribution is -2.45. The van der Waals surface area contributed by atoms with Crippen LogP contribution in [0.2, 0.25) is 0 Å². The molecule has 0 bridgehead atoms. The van der Waals surface area contributed by atoms with Gasteiger partial charge in [-0.25, -0.2) is 4.79 Å². The van der Waals surface area contributed by atoms with E-state index in [1.807, 2.05) is 6.92 Å². The van der Waals surface area contributed by atoms with E-state index >= 15 is 0 Å². The number of nitrogens with one attached hydrogen (secondary N) is 2. The third-order valence-corrected chi connectivity index (χ3v) is 3.51. The van der Waals surface area contributed by atoms with Gasteiger partial charge in [-0.05, 0) is 25.8 Å². The van der Waals surface area contributed by atoms with Crippen molar-refractivity contribution in [1.82, 2.24) is 10.6 Å². The van der Waals surface area contributed by atoms with Crippen LogP contribution in [0.3, 0.4) is 0 Å². The molecule has 0 aromatic heterocycles. The van der Waals surface area contributed by atoms with Crippen molar-refractivity contribution >= 4 is 6.03 Å². The number of amides is 2. The summed E-state index contributed by atoms with van der Waals surface area (Å²) in [5.74, 6) is 0. The Morgan fingerprint density at radius 3 is 2.37 bits per heavy atom. The van der Waals surface area contributed by atoms with Gasteiger partial charge in [0.2, 0.25) is 0 Å². The average Bonchev–Trinajstić information content (AvgIpc) is 2.37. The fraction of sp³-hybridized carbons (Fsp3) is 0.562. The summed E-state index contributed by atoms with van der Waals surface area (Å²) < 4.78 is 0. The van der Waals surface area contributed by atoms with Crippen LogP contribution in [0.5, 0.6) is 0 Å². The molecule has 0 saturated heterocycles. The Morgan fingerprint density at radius 1 is 1.26 bits per heavy atom. The molecule has 0 radical (unpaired) electrons. The van der Waals surface area contributed by atoms with Crippen molar-refractivity contribution in [3.8, 4) is 0 Å². The van der Waals surface area contributed by atoms with E-state index in [1.54, 1.807) is 0 Å². The molecule has 0 aliphatic heterocycles. The lowest BCUT2D eigenvalue weighted by atomic mass is 9.84. The van der Waals surface area contributed by atoms with Gasteiger partial charge in [-0.1, -0.05) is 50.6 Å². The van der Waals surface area contributed by atoms with E-state index in [-0.39, 0.29) is 17.5 Å². The molecule has 2 amide bonds. The third kappa shape index (κ3) is 4.93. The molecule has 106 valence electrons. The number of hydrogen-bond donors (Lipinski definition) is 2. The zero-order valence-corrected chi connectivity index (χ0v) is 12.7. The number of rotatable bonds is 5. The third-order valence-electron chi connectivity index (χ3n) is 3.51. The number of urea groups is 1. The molecule has 3 nitrogen and oxygen atoms in total. The van der Waals surface area contributed by atoms with Crippen LogP contribution in [-0.4, -0.2) is 18.6 Å². The van der Waals surface area contributed by atoms with Crippen LogP contribution < -0.4 is 10.6 Å². The van der Waals surface area contributed by atoms with Crippen molar-refractivity contribution in [2.75, 3.05) is 6.54 Å². The number of carbonyl (C=O) groups excluding carboxylic acids is 1. The van der Waals surface area contributed by atoms with Gasteiger partial charge in [0.1, 0.15) is 0 Å². The van der Waals surface area contributed by atoms with Crippen molar-refractivity contribution in [3.63, 3.8) is 0 Å². The normalized spacial score (nSPS) is 12.9. The molecular formula is C16H26N2O. The first-order chi connectivity index (χ1) is 8.85. The SMILES string of the molecule is CCC(C)NC(=O)NCC(C)(C)c1ccc(C)cc1. The lowest BCUT2D eigenvalue weighted by molar-refractivity contribution is 0.235. The quantitative estimate of drug-likeness (QED) is 0.839. The van der Waals surface area contributed by atoms with Crippen LogP contribution in [-0.2, 0) is 5.41 Å². The molecule has 1 aromatic rings. The van der Waals surface area contributed by atoms with Gasteiger partial charge in [-0.2, -0.15) is 0 Å². The Kier molecular flexibility index (Phi) is 5.40. The summed E-state index contributed by atoms with van der Waals surface area (Å²) in [5.41, 5.74) is 2.42. The van der Waals surface area contributed by atoms with E-state index in [0.717, 1.165) is 6.42 Å². The minimum absolute atomic E-state index is 0.0690. The van der Waals surface area contributed by atoms with Gasteiger partial charge in [-0.15, -0.1) is 0 Å². The topological polar surface area (TPSA) is 41.1 Å². The van der Waals surface area contributed by atoms with Crippen molar-refractivity contribution in [3.05, 3.63) is 35.4 Å². The highest BCUT2D eigenvalue weighted by atomic mass is 16.2. The van der Waals surface area contributed by atoms with Crippen LogP contribution in [0.4, 0.5) is 4.79 Å². The van der Waals surface area contributed by atoms with Gasteiger partial charge in [0.05, 0.1) is 0 Å². The van der Waals surface area contributed by atoms with Crippen molar-refractivity contribution < 1.29 is 4.79 Å². The standard InChI is InChI=1S/C16H26N2O/c1-6-13(3)18-15(19)17-11-16(4,5)14-9-7-12(2)8-10-14/h7-10,13H,6,11H2,1-5H3,(H2,17,18,19). The zero-order valence-electron chi connectivity index (χ0n) is 12.7. The summed E-state index contributed by atoms with van der Waals surface area (Å²) in [7, 11) is 0. The maximum Gasteiger partial charge on any atom is 0.315 e. The second kappa shape index (κ2) is 6.60. The van der Waals surface area contributed by atoms with E-state index in [1.165, 1.54) is 11.1 Å². The molecule has 0 aliphatic rings. The highest BCUT2D eigenvalue weighted by Gasteiger charge is 2.21. The molecular weight excluding hydrogens is 236 g/mol. The Hall–Kier alpha value is -1.51. The predicted molar refractivity (Wildman–Crippen MR) is 80.5 cm³/mol. The molecule has 2 N–H and O–H groups in total. The van der Waals surface area contributed by atoms with E-state index < -0.39 is 0 Å². The summed E-state index contributed by atoms with van der Waals surface area (Å²) >= 11 is 0. The maximum atomic E-state index is 11.7. The Balaban J connectivity index is 2.55. The smallest absolute Gasteiger partial charge is 0.315 e. The van der Waals surface area contributed by atoms with Crippen molar-refractivity contribution in [1.29, 1.82) is 0 Å². The van der Waals surface area contributed by atoms with Crippen molar-refractivity contribution in [2.24, 2.45) is 0 Å². The van der Waals surface area contributed by atoms with Gasteiger partial charge >= 0.3 is 6.03 Å². The first-order valence-electron chi connectivity index (χ1n) is 6.96. The Labute approximate surface area is 116 Å².